The molecule has 5 aromatic rings. The maximum atomic E-state index is 8.24. The summed E-state index contributed by atoms with van der Waals surface area (Å²) in [6.07, 6.45) is 0. The number of hydrogen-bond acceptors (Lipinski definition) is 1. The third-order valence-corrected chi connectivity index (χ3v) is 5.20. The van der Waals surface area contributed by atoms with Crippen LogP contribution in [0.15, 0.2) is 54.6 Å². The monoisotopic (exact) mass is 548 g/mol. The van der Waals surface area contributed by atoms with E-state index in [1.165, 1.54) is 0 Å². The average molecular weight is 548 g/mol. The van der Waals surface area contributed by atoms with E-state index in [9.17, 15) is 0 Å². The Morgan fingerprint density at radius 1 is 0.964 bits per heavy atom. The van der Waals surface area contributed by atoms with Gasteiger partial charge >= 0.3 is 0 Å². The first-order valence-electron chi connectivity index (χ1n) is 11.8. The van der Waals surface area contributed by atoms with E-state index in [-0.39, 0.29) is 31.4 Å². The van der Waals surface area contributed by atoms with Crippen LogP contribution in [0.4, 0.5) is 0 Å². The fraction of sp³-hybridized carbons (Fsp3) is 0.160. The predicted molar refractivity (Wildman–Crippen MR) is 113 cm³/mol. The second-order valence-electron chi connectivity index (χ2n) is 6.93. The van der Waals surface area contributed by atoms with E-state index in [4.69, 9.17) is 8.22 Å². The van der Waals surface area contributed by atoms with Crippen LogP contribution < -0.4 is 0 Å². The van der Waals surface area contributed by atoms with Crippen molar-refractivity contribution in [2.75, 3.05) is 0 Å². The second-order valence-corrected chi connectivity index (χ2v) is 6.93. The van der Waals surface area contributed by atoms with E-state index in [2.05, 4.69) is 11.1 Å². The summed E-state index contributed by atoms with van der Waals surface area (Å²) in [5, 5.41) is 2.14. The number of pyridine rings is 1. The molecule has 141 valence electrons. The maximum Gasteiger partial charge on any atom is 0.0669 e. The molecule has 0 fully saturated rings. The summed E-state index contributed by atoms with van der Waals surface area (Å²) < 4.78 is 50.2. The molecule has 2 heterocycles. The van der Waals surface area contributed by atoms with Gasteiger partial charge in [0.15, 0.2) is 0 Å². The van der Waals surface area contributed by atoms with Crippen molar-refractivity contribution in [3.8, 4) is 11.3 Å². The van der Waals surface area contributed by atoms with Gasteiger partial charge in [-0.3, -0.25) is 4.98 Å². The van der Waals surface area contributed by atoms with Crippen molar-refractivity contribution >= 4 is 27.3 Å². The minimum Gasteiger partial charge on any atom is -0.333 e. The van der Waals surface area contributed by atoms with Gasteiger partial charge in [-0.15, -0.1) is 29.7 Å². The summed E-state index contributed by atoms with van der Waals surface area (Å²) in [6, 6.07) is 19.5. The Kier molecular flexibility index (Phi) is 3.15. The second kappa shape index (κ2) is 6.84. The zero-order valence-electron chi connectivity index (χ0n) is 21.4. The van der Waals surface area contributed by atoms with E-state index < -0.39 is 13.7 Å². The minimum absolute atomic E-state index is 0. The summed E-state index contributed by atoms with van der Waals surface area (Å²) >= 11 is 0. The average Bonchev–Trinajstić information content (AvgIpc) is 3.14. The van der Waals surface area contributed by atoms with Crippen molar-refractivity contribution < 1.29 is 28.3 Å². The van der Waals surface area contributed by atoms with Gasteiger partial charge in [0.2, 0.25) is 0 Å². The molecule has 0 atom stereocenters. The third-order valence-electron chi connectivity index (χ3n) is 5.20. The topological polar surface area (TPSA) is 17.3 Å². The molecular weight excluding hydrogens is 521 g/mol. The normalized spacial score (nSPS) is 15.4. The van der Waals surface area contributed by atoms with Gasteiger partial charge in [-0.2, -0.15) is 0 Å². The smallest absolute Gasteiger partial charge is 0.0669 e. The summed E-state index contributed by atoms with van der Waals surface area (Å²) in [7, 11) is 0. The van der Waals surface area contributed by atoms with Crippen LogP contribution in [0.1, 0.15) is 30.6 Å². The molecule has 0 aliphatic rings. The largest absolute Gasteiger partial charge is 0.333 e. The molecule has 3 heteroatoms. The molecule has 0 saturated carbocycles. The number of imidazole rings is 1. The Morgan fingerprint density at radius 3 is 2.54 bits per heavy atom. The number of fused-ring (bicyclic) bond motifs is 6. The molecule has 1 radical (unpaired) electrons. The first-order chi connectivity index (χ1) is 15.5. The molecule has 0 N–H and O–H groups in total. The zero-order valence-corrected chi connectivity index (χ0v) is 17.8. The number of benzene rings is 3. The molecule has 0 aliphatic heterocycles. The third kappa shape index (κ3) is 2.62. The Bertz CT molecular complexity index is 1540. The number of nitrogens with zero attached hydrogens (tertiary/aromatic N) is 2. The van der Waals surface area contributed by atoms with Gasteiger partial charge in [0.25, 0.3) is 0 Å². The van der Waals surface area contributed by atoms with Crippen molar-refractivity contribution in [1.82, 2.24) is 9.38 Å². The minimum atomic E-state index is -2.44. The van der Waals surface area contributed by atoms with Crippen molar-refractivity contribution in [3.63, 3.8) is 0 Å². The van der Waals surface area contributed by atoms with Gasteiger partial charge in [-0.05, 0) is 50.1 Å². The molecule has 28 heavy (non-hydrogen) atoms. The number of rotatable bonds is 1. The van der Waals surface area contributed by atoms with Crippen LogP contribution in [0.3, 0.4) is 0 Å². The van der Waals surface area contributed by atoms with Gasteiger partial charge in [0.05, 0.1) is 17.0 Å². The van der Waals surface area contributed by atoms with E-state index in [1.54, 1.807) is 24.3 Å². The summed E-state index contributed by atoms with van der Waals surface area (Å²) in [5.41, 5.74) is 4.63. The van der Waals surface area contributed by atoms with Crippen molar-refractivity contribution in [3.05, 3.63) is 83.0 Å². The van der Waals surface area contributed by atoms with Crippen LogP contribution in [0.5, 0.6) is 0 Å². The summed E-state index contributed by atoms with van der Waals surface area (Å²) in [6.45, 7) is -0.801. The first kappa shape index (κ1) is 12.9. The fourth-order valence-electron chi connectivity index (χ4n) is 4.03. The summed E-state index contributed by atoms with van der Waals surface area (Å²) in [5.74, 6) is 0. The maximum absolute atomic E-state index is 8.24. The van der Waals surface area contributed by atoms with Crippen LogP contribution in [-0.4, -0.2) is 9.38 Å². The van der Waals surface area contributed by atoms with Crippen molar-refractivity contribution in [2.45, 2.75) is 27.6 Å². The Labute approximate surface area is 187 Å². The molecule has 0 bridgehead atoms. The molecule has 0 saturated heterocycles. The van der Waals surface area contributed by atoms with Crippen LogP contribution >= 0.6 is 0 Å². The van der Waals surface area contributed by atoms with Gasteiger partial charge in [0.1, 0.15) is 0 Å². The molecule has 5 rings (SSSR count). The molecule has 2 nitrogen and oxygen atoms in total. The first-order valence-corrected chi connectivity index (χ1v) is 8.84. The van der Waals surface area contributed by atoms with Crippen molar-refractivity contribution in [1.29, 1.82) is 0 Å². The van der Waals surface area contributed by atoms with Crippen LogP contribution in [-0.2, 0) is 20.1 Å². The van der Waals surface area contributed by atoms with Crippen LogP contribution in [0.2, 0.25) is 0 Å². The standard InChI is InChI=1S/C25H21N2.Ir/c1-15-12-13-22-21(14-15)19-10-5-6-11-20(19)25-26-18(4)24(27(22)25)23-16(2)8-7-9-17(23)3;/h5-10,12-14H,1-4H3;/q-1;/i1D3,4D3;. The van der Waals surface area contributed by atoms with Crippen LogP contribution in [0.25, 0.3) is 38.6 Å². The van der Waals surface area contributed by atoms with Gasteiger partial charge in [0, 0.05) is 39.4 Å². The Morgan fingerprint density at radius 2 is 1.79 bits per heavy atom. The SMILES string of the molecule is [2H]C([2H])([2H])c1ccc2c(c1)c1ccc[c-]c1c1nc(C([2H])([2H])[2H])c(-c3c(C)cccc3C)n21.[Ir]. The van der Waals surface area contributed by atoms with E-state index in [1.807, 2.05) is 48.6 Å². The molecule has 0 amide bonds. The molecule has 0 unspecified atom stereocenters. The van der Waals surface area contributed by atoms with Gasteiger partial charge in [-0.25, -0.2) is 0 Å². The molecule has 3 aromatic carbocycles. The number of hydrogen-bond donors (Lipinski definition) is 0. The van der Waals surface area contributed by atoms with Gasteiger partial charge in [-0.1, -0.05) is 41.3 Å². The van der Waals surface area contributed by atoms with E-state index in [0.717, 1.165) is 22.1 Å². The zero-order chi connectivity index (χ0) is 23.7. The predicted octanol–water partition coefficient (Wildman–Crippen LogP) is 6.34. The van der Waals surface area contributed by atoms with Crippen LogP contribution in [0, 0.1) is 33.6 Å². The number of aromatic nitrogens is 2. The molecule has 0 spiro atoms. The van der Waals surface area contributed by atoms with Gasteiger partial charge < -0.3 is 4.40 Å². The van der Waals surface area contributed by atoms with E-state index in [0.29, 0.717) is 27.6 Å². The Hall–Kier alpha value is -2.48. The molecular formula is C25H21IrN2-. The van der Waals surface area contributed by atoms with Crippen molar-refractivity contribution in [2.24, 2.45) is 0 Å². The van der Waals surface area contributed by atoms with E-state index >= 15 is 0 Å². The quantitative estimate of drug-likeness (QED) is 0.177. The molecule has 0 aliphatic carbocycles. The number of aryl methyl sites for hydroxylation is 4. The fourth-order valence-corrected chi connectivity index (χ4v) is 4.03. The molecule has 2 aromatic heterocycles. The Balaban J connectivity index is 0.00000274. The summed E-state index contributed by atoms with van der Waals surface area (Å²) in [4.78, 5) is 4.65.